The number of ether oxygens (including phenoxy) is 2. The Bertz CT molecular complexity index is 753. The van der Waals surface area contributed by atoms with E-state index in [9.17, 15) is 0 Å². The second-order valence-corrected chi connectivity index (χ2v) is 6.62. The lowest BCUT2D eigenvalue weighted by atomic mass is 10.2. The molecule has 1 aromatic heterocycles. The molecule has 7 heteroatoms. The normalized spacial score (nSPS) is 11.5. The van der Waals surface area contributed by atoms with Crippen molar-refractivity contribution < 1.29 is 9.47 Å². The summed E-state index contributed by atoms with van der Waals surface area (Å²) in [5.74, 6) is 1.64. The lowest BCUT2D eigenvalue weighted by Crippen LogP contribution is -2.38. The first-order chi connectivity index (χ1) is 13.5. The number of nitrogens with zero attached hydrogens (tertiary/aromatic N) is 3. The Morgan fingerprint density at radius 2 is 1.93 bits per heavy atom. The van der Waals surface area contributed by atoms with Gasteiger partial charge in [-0.25, -0.2) is 4.99 Å². The molecule has 0 aliphatic rings. The van der Waals surface area contributed by atoms with E-state index in [-0.39, 0.29) is 0 Å². The average molecular weight is 388 g/mol. The second kappa shape index (κ2) is 11.3. The molecule has 0 aliphatic carbocycles. The number of rotatable bonds is 10. The Hall–Kier alpha value is -2.54. The molecule has 1 heterocycles. The van der Waals surface area contributed by atoms with Gasteiger partial charge in [0, 0.05) is 44.6 Å². The van der Waals surface area contributed by atoms with Gasteiger partial charge >= 0.3 is 0 Å². The minimum absolute atomic E-state index is 0.593. The van der Waals surface area contributed by atoms with Gasteiger partial charge in [0.25, 0.3) is 0 Å². The third kappa shape index (κ3) is 6.56. The third-order valence-corrected chi connectivity index (χ3v) is 4.63. The highest BCUT2D eigenvalue weighted by atomic mass is 16.5. The molecule has 0 atom stereocenters. The Balaban J connectivity index is 2.00. The van der Waals surface area contributed by atoms with E-state index in [4.69, 9.17) is 14.5 Å². The molecule has 154 valence electrons. The van der Waals surface area contributed by atoms with Crippen LogP contribution in [0, 0.1) is 13.8 Å². The molecule has 0 radical (unpaired) electrons. The maximum Gasteiger partial charge on any atom is 0.191 e. The van der Waals surface area contributed by atoms with Gasteiger partial charge in [0.05, 0.1) is 19.3 Å². The third-order valence-electron chi connectivity index (χ3n) is 4.63. The van der Waals surface area contributed by atoms with Crippen molar-refractivity contribution in [3.63, 3.8) is 0 Å². The van der Waals surface area contributed by atoms with E-state index in [0.29, 0.717) is 13.1 Å². The summed E-state index contributed by atoms with van der Waals surface area (Å²) in [6.45, 7) is 9.71. The summed E-state index contributed by atoms with van der Waals surface area (Å²) in [4.78, 5) is 4.73. The number of benzene rings is 1. The lowest BCUT2D eigenvalue weighted by Gasteiger charge is -2.13. The predicted molar refractivity (Wildman–Crippen MR) is 113 cm³/mol. The molecule has 28 heavy (non-hydrogen) atoms. The van der Waals surface area contributed by atoms with E-state index in [2.05, 4.69) is 22.7 Å². The second-order valence-electron chi connectivity index (χ2n) is 6.62. The smallest absolute Gasteiger partial charge is 0.191 e. The highest BCUT2D eigenvalue weighted by Gasteiger charge is 2.10. The largest absolute Gasteiger partial charge is 0.497 e. The summed E-state index contributed by atoms with van der Waals surface area (Å²) in [7, 11) is 3.64. The molecule has 2 aromatic rings. The Morgan fingerprint density at radius 1 is 1.18 bits per heavy atom. The molecule has 0 fully saturated rings. The zero-order valence-corrected chi connectivity index (χ0v) is 17.7. The van der Waals surface area contributed by atoms with Gasteiger partial charge in [-0.2, -0.15) is 5.10 Å². The molecule has 2 N–H and O–H groups in total. The van der Waals surface area contributed by atoms with Crippen molar-refractivity contribution >= 4 is 5.96 Å². The van der Waals surface area contributed by atoms with Crippen LogP contribution in [-0.4, -0.2) is 42.6 Å². The summed E-state index contributed by atoms with van der Waals surface area (Å²) in [5.41, 5.74) is 4.54. The van der Waals surface area contributed by atoms with Gasteiger partial charge in [-0.1, -0.05) is 12.1 Å². The first-order valence-corrected chi connectivity index (χ1v) is 9.77. The van der Waals surface area contributed by atoms with Crippen molar-refractivity contribution in [1.29, 1.82) is 0 Å². The topological polar surface area (TPSA) is 72.7 Å². The van der Waals surface area contributed by atoms with Gasteiger partial charge in [0.2, 0.25) is 0 Å². The highest BCUT2D eigenvalue weighted by molar-refractivity contribution is 5.79. The minimum atomic E-state index is 0.593. The maximum atomic E-state index is 5.41. The number of hydrogen-bond donors (Lipinski definition) is 2. The first kappa shape index (κ1) is 21.8. The summed E-state index contributed by atoms with van der Waals surface area (Å²) in [5, 5.41) is 11.3. The first-order valence-electron chi connectivity index (χ1n) is 9.77. The zero-order chi connectivity index (χ0) is 20.4. The van der Waals surface area contributed by atoms with Crippen molar-refractivity contribution in [3.8, 4) is 5.75 Å². The number of aliphatic imine (C=N–C) groups is 1. The number of aromatic nitrogens is 2. The number of methoxy groups -OCH3 is 1. The average Bonchev–Trinajstić information content (AvgIpc) is 2.95. The van der Waals surface area contributed by atoms with E-state index < -0.39 is 0 Å². The van der Waals surface area contributed by atoms with Crippen LogP contribution in [0.15, 0.2) is 29.3 Å². The van der Waals surface area contributed by atoms with Crippen LogP contribution in [0.2, 0.25) is 0 Å². The van der Waals surface area contributed by atoms with Crippen LogP contribution in [0.25, 0.3) is 0 Å². The van der Waals surface area contributed by atoms with Gasteiger partial charge in [0.15, 0.2) is 5.96 Å². The fraction of sp³-hybridized carbons (Fsp3) is 0.524. The van der Waals surface area contributed by atoms with Crippen LogP contribution in [0.4, 0.5) is 0 Å². The SMILES string of the molecule is CCOCCCNC(=NCc1ccc(OC)cc1)NCc1c(C)nn(C)c1C. The number of hydrogen-bond acceptors (Lipinski definition) is 4. The number of aryl methyl sites for hydroxylation is 2. The Labute approximate surface area is 168 Å². The standard InChI is InChI=1S/C21H33N5O2/c1-6-28-13-7-12-22-21(23-14-18-8-10-19(27-5)11-9-18)24-15-20-16(2)25-26(4)17(20)3/h8-11H,6-7,12-15H2,1-5H3,(H2,22,23,24). The van der Waals surface area contributed by atoms with Gasteiger partial charge in [-0.15, -0.1) is 0 Å². The van der Waals surface area contributed by atoms with E-state index in [1.54, 1.807) is 7.11 Å². The van der Waals surface area contributed by atoms with Crippen molar-refractivity contribution in [1.82, 2.24) is 20.4 Å². The van der Waals surface area contributed by atoms with Crippen LogP contribution in [0.1, 0.15) is 35.9 Å². The van der Waals surface area contributed by atoms with Crippen LogP contribution in [-0.2, 0) is 24.9 Å². The predicted octanol–water partition coefficient (Wildman–Crippen LogP) is 2.71. The molecule has 1 aromatic carbocycles. The van der Waals surface area contributed by atoms with E-state index in [1.165, 1.54) is 5.56 Å². The summed E-state index contributed by atoms with van der Waals surface area (Å²) >= 11 is 0. The molecular weight excluding hydrogens is 354 g/mol. The zero-order valence-electron chi connectivity index (χ0n) is 17.7. The fourth-order valence-corrected chi connectivity index (χ4v) is 2.85. The quantitative estimate of drug-likeness (QED) is 0.373. The molecule has 0 spiro atoms. The lowest BCUT2D eigenvalue weighted by molar-refractivity contribution is 0.145. The maximum absolute atomic E-state index is 5.41. The van der Waals surface area contributed by atoms with Crippen molar-refractivity contribution in [2.75, 3.05) is 26.9 Å². The fourth-order valence-electron chi connectivity index (χ4n) is 2.85. The van der Waals surface area contributed by atoms with Crippen LogP contribution >= 0.6 is 0 Å². The molecule has 0 saturated heterocycles. The Morgan fingerprint density at radius 3 is 2.54 bits per heavy atom. The van der Waals surface area contributed by atoms with E-state index >= 15 is 0 Å². The summed E-state index contributed by atoms with van der Waals surface area (Å²) in [6, 6.07) is 7.97. The molecular formula is C21H33N5O2. The Kier molecular flexibility index (Phi) is 8.81. The molecule has 0 saturated carbocycles. The van der Waals surface area contributed by atoms with E-state index in [1.807, 2.05) is 49.8 Å². The van der Waals surface area contributed by atoms with Crippen molar-refractivity contribution in [2.45, 2.75) is 40.3 Å². The monoisotopic (exact) mass is 387 g/mol. The van der Waals surface area contributed by atoms with Crippen LogP contribution < -0.4 is 15.4 Å². The van der Waals surface area contributed by atoms with Gasteiger partial charge in [-0.3, -0.25) is 4.68 Å². The van der Waals surface area contributed by atoms with Crippen molar-refractivity contribution in [3.05, 3.63) is 46.8 Å². The van der Waals surface area contributed by atoms with Crippen molar-refractivity contribution in [2.24, 2.45) is 12.0 Å². The number of guanidine groups is 1. The van der Waals surface area contributed by atoms with Gasteiger partial charge in [0.1, 0.15) is 5.75 Å². The summed E-state index contributed by atoms with van der Waals surface area (Å²) < 4.78 is 12.5. The molecule has 0 aliphatic heterocycles. The highest BCUT2D eigenvalue weighted by Crippen LogP contribution is 2.13. The van der Waals surface area contributed by atoms with Gasteiger partial charge in [-0.05, 0) is 44.9 Å². The summed E-state index contributed by atoms with van der Waals surface area (Å²) in [6.07, 6.45) is 0.933. The molecule has 0 amide bonds. The molecule has 0 bridgehead atoms. The van der Waals surface area contributed by atoms with Crippen LogP contribution in [0.3, 0.4) is 0 Å². The molecule has 2 rings (SSSR count). The minimum Gasteiger partial charge on any atom is -0.497 e. The van der Waals surface area contributed by atoms with E-state index in [0.717, 1.165) is 54.8 Å². The number of nitrogens with one attached hydrogen (secondary N) is 2. The van der Waals surface area contributed by atoms with Gasteiger partial charge < -0.3 is 20.1 Å². The molecule has 0 unspecified atom stereocenters. The van der Waals surface area contributed by atoms with Crippen LogP contribution in [0.5, 0.6) is 5.75 Å². The molecule has 7 nitrogen and oxygen atoms in total.